The summed E-state index contributed by atoms with van der Waals surface area (Å²) < 4.78 is 5.86. The normalized spacial score (nSPS) is 17.3. The molecule has 102 valence electrons. The van der Waals surface area contributed by atoms with Crippen LogP contribution in [0.15, 0.2) is 49.6 Å². The van der Waals surface area contributed by atoms with E-state index in [0.717, 1.165) is 0 Å². The molecule has 19 heavy (non-hydrogen) atoms. The summed E-state index contributed by atoms with van der Waals surface area (Å²) in [5, 5.41) is 0. The number of rotatable bonds is 5. The summed E-state index contributed by atoms with van der Waals surface area (Å²) in [6, 6.07) is 8.65. The van der Waals surface area contributed by atoms with E-state index in [-0.39, 0.29) is 0 Å². The van der Waals surface area contributed by atoms with Gasteiger partial charge in [-0.3, -0.25) is 0 Å². The van der Waals surface area contributed by atoms with Crippen LogP contribution in [0.3, 0.4) is 0 Å². The van der Waals surface area contributed by atoms with E-state index in [4.69, 9.17) is 4.43 Å². The fourth-order valence-electron chi connectivity index (χ4n) is 3.20. The van der Waals surface area contributed by atoms with Crippen LogP contribution in [0.1, 0.15) is 49.1 Å². The van der Waals surface area contributed by atoms with Gasteiger partial charge in [0.1, 0.15) is 16.1 Å². The van der Waals surface area contributed by atoms with Crippen LogP contribution in [-0.4, -0.2) is 10.5 Å². The van der Waals surface area contributed by atoms with Gasteiger partial charge in [0.25, 0.3) is 0 Å². The van der Waals surface area contributed by atoms with Crippen molar-refractivity contribution in [3.63, 3.8) is 0 Å². The zero-order chi connectivity index (χ0) is 13.7. The Morgan fingerprint density at radius 3 is 2.32 bits per heavy atom. The maximum atomic E-state index is 5.86. The smallest absolute Gasteiger partial charge is 0.148 e. The van der Waals surface area contributed by atoms with Gasteiger partial charge in [-0.05, 0) is 29.9 Å². The molecule has 1 saturated carbocycles. The van der Waals surface area contributed by atoms with E-state index < -0.39 is 5.60 Å². The molecule has 1 nitrogen and oxygen atoms in total. The van der Waals surface area contributed by atoms with Crippen LogP contribution in [0.4, 0.5) is 0 Å². The van der Waals surface area contributed by atoms with Gasteiger partial charge in [-0.15, -0.1) is 0 Å². The molecule has 1 aromatic carbocycles. The average molecular weight is 272 g/mol. The SMILES string of the molecule is C=CC(C=C)(O[SiH3])c1ccccc1C1CCCCC1. The highest BCUT2D eigenvalue weighted by atomic mass is 28.2. The molecule has 0 atom stereocenters. The van der Waals surface area contributed by atoms with Crippen LogP contribution < -0.4 is 0 Å². The van der Waals surface area contributed by atoms with Crippen molar-refractivity contribution in [2.75, 3.05) is 0 Å². The Labute approximate surface area is 119 Å². The van der Waals surface area contributed by atoms with Crippen LogP contribution >= 0.6 is 0 Å². The minimum Gasteiger partial charge on any atom is -0.412 e. The van der Waals surface area contributed by atoms with Crippen LogP contribution in [-0.2, 0) is 10.0 Å². The van der Waals surface area contributed by atoms with Crippen LogP contribution in [0.2, 0.25) is 0 Å². The van der Waals surface area contributed by atoms with Gasteiger partial charge >= 0.3 is 0 Å². The lowest BCUT2D eigenvalue weighted by Crippen LogP contribution is -2.26. The molecule has 0 N–H and O–H groups in total. The average Bonchev–Trinajstić information content (AvgIpc) is 2.51. The predicted octanol–water partition coefficient (Wildman–Crippen LogP) is 3.60. The van der Waals surface area contributed by atoms with Crippen molar-refractivity contribution in [3.05, 3.63) is 60.7 Å². The van der Waals surface area contributed by atoms with Gasteiger partial charge in [0.15, 0.2) is 0 Å². The zero-order valence-electron chi connectivity index (χ0n) is 11.9. The van der Waals surface area contributed by atoms with Crippen molar-refractivity contribution >= 4 is 10.5 Å². The maximum Gasteiger partial charge on any atom is 0.148 e. The van der Waals surface area contributed by atoms with E-state index in [1.165, 1.54) is 43.2 Å². The Hall–Kier alpha value is -1.12. The minimum absolute atomic E-state index is 0.500. The predicted molar refractivity (Wildman–Crippen MR) is 85.4 cm³/mol. The molecule has 0 bridgehead atoms. The summed E-state index contributed by atoms with van der Waals surface area (Å²) in [4.78, 5) is 0. The first-order chi connectivity index (χ1) is 9.27. The number of benzene rings is 1. The third kappa shape index (κ3) is 2.75. The first-order valence-corrected chi connectivity index (χ1v) is 8.01. The summed E-state index contributed by atoms with van der Waals surface area (Å²) in [5.74, 6) is 0.668. The van der Waals surface area contributed by atoms with Gasteiger partial charge in [-0.1, -0.05) is 68.8 Å². The second-order valence-electron chi connectivity index (χ2n) is 5.33. The summed E-state index contributed by atoms with van der Waals surface area (Å²) in [7, 11) is 0.669. The first-order valence-electron chi connectivity index (χ1n) is 7.19. The minimum atomic E-state index is -0.500. The second-order valence-corrected chi connectivity index (χ2v) is 5.74. The van der Waals surface area contributed by atoms with Gasteiger partial charge in [-0.25, -0.2) is 0 Å². The molecule has 0 radical (unpaired) electrons. The molecule has 2 heteroatoms. The molecule has 0 unspecified atom stereocenters. The van der Waals surface area contributed by atoms with Gasteiger partial charge in [0, 0.05) is 0 Å². The summed E-state index contributed by atoms with van der Waals surface area (Å²) in [5.41, 5.74) is 2.17. The van der Waals surface area contributed by atoms with Gasteiger partial charge in [0.05, 0.1) is 0 Å². The van der Waals surface area contributed by atoms with E-state index in [1.54, 1.807) is 0 Å². The standard InChI is InChI=1S/C17H24OSi/c1-3-17(4-2,18-19)16-13-9-8-12-15(16)14-10-6-5-7-11-14/h3-4,8-9,12-14H,1-2,5-7,10-11H2,19H3. The lowest BCUT2D eigenvalue weighted by Gasteiger charge is -2.32. The van der Waals surface area contributed by atoms with E-state index in [9.17, 15) is 0 Å². The monoisotopic (exact) mass is 272 g/mol. The summed E-state index contributed by atoms with van der Waals surface area (Å²) in [6.45, 7) is 7.93. The molecule has 1 aliphatic carbocycles. The molecule has 0 aromatic heterocycles. The molecule has 0 amide bonds. The molecule has 0 spiro atoms. The van der Waals surface area contributed by atoms with E-state index in [0.29, 0.717) is 16.4 Å². The number of hydrogen-bond acceptors (Lipinski definition) is 1. The Morgan fingerprint density at radius 2 is 1.74 bits per heavy atom. The van der Waals surface area contributed by atoms with Gasteiger partial charge in [0.2, 0.25) is 0 Å². The van der Waals surface area contributed by atoms with Crippen molar-refractivity contribution in [3.8, 4) is 0 Å². The molecule has 1 fully saturated rings. The van der Waals surface area contributed by atoms with Crippen LogP contribution in [0, 0.1) is 0 Å². The topological polar surface area (TPSA) is 9.23 Å². The van der Waals surface area contributed by atoms with Crippen molar-refractivity contribution in [2.45, 2.75) is 43.6 Å². The molecule has 1 aromatic rings. The van der Waals surface area contributed by atoms with Gasteiger partial charge in [-0.2, -0.15) is 0 Å². The Bertz CT molecular complexity index is 438. The molecule has 1 aliphatic rings. The quantitative estimate of drug-likeness (QED) is 0.588. The molecule has 0 saturated heterocycles. The highest BCUT2D eigenvalue weighted by molar-refractivity contribution is 5.98. The van der Waals surface area contributed by atoms with Crippen LogP contribution in [0.5, 0.6) is 0 Å². The van der Waals surface area contributed by atoms with Crippen molar-refractivity contribution < 1.29 is 4.43 Å². The maximum absolute atomic E-state index is 5.86. The lowest BCUT2D eigenvalue weighted by molar-refractivity contribution is 0.191. The second kappa shape index (κ2) is 6.35. The van der Waals surface area contributed by atoms with Crippen molar-refractivity contribution in [1.82, 2.24) is 0 Å². The largest absolute Gasteiger partial charge is 0.412 e. The third-order valence-corrected chi connectivity index (χ3v) is 5.05. The summed E-state index contributed by atoms with van der Waals surface area (Å²) in [6.07, 6.45) is 10.4. The first kappa shape index (κ1) is 14.3. The zero-order valence-corrected chi connectivity index (χ0v) is 13.9. The molecule has 2 rings (SSSR count). The van der Waals surface area contributed by atoms with Crippen molar-refractivity contribution in [1.29, 1.82) is 0 Å². The Morgan fingerprint density at radius 1 is 1.11 bits per heavy atom. The highest BCUT2D eigenvalue weighted by Gasteiger charge is 2.29. The molecule has 0 aliphatic heterocycles. The summed E-state index contributed by atoms with van der Waals surface area (Å²) >= 11 is 0. The molecule has 0 heterocycles. The van der Waals surface area contributed by atoms with E-state index in [2.05, 4.69) is 37.4 Å². The van der Waals surface area contributed by atoms with Crippen LogP contribution in [0.25, 0.3) is 0 Å². The highest BCUT2D eigenvalue weighted by Crippen LogP contribution is 2.39. The molecular weight excluding hydrogens is 248 g/mol. The van der Waals surface area contributed by atoms with E-state index >= 15 is 0 Å². The lowest BCUT2D eigenvalue weighted by atomic mass is 9.78. The van der Waals surface area contributed by atoms with Crippen molar-refractivity contribution in [2.24, 2.45) is 0 Å². The number of hydrogen-bond donors (Lipinski definition) is 0. The molecular formula is C17H24OSi. The third-order valence-electron chi connectivity index (χ3n) is 4.37. The Kier molecular flexibility index (Phi) is 4.78. The fraction of sp³-hybridized carbons (Fsp3) is 0.412. The fourth-order valence-corrected chi connectivity index (χ4v) is 3.76. The van der Waals surface area contributed by atoms with Gasteiger partial charge < -0.3 is 4.43 Å². The van der Waals surface area contributed by atoms with E-state index in [1.807, 2.05) is 12.2 Å². The Balaban J connectivity index is 2.45.